The number of nitrogens with zero attached hydrogens (tertiary/aromatic N) is 1. The molecule has 0 fully saturated rings. The van der Waals surface area contributed by atoms with Crippen molar-refractivity contribution >= 4 is 17.3 Å². The number of hydrogen-bond acceptors (Lipinski definition) is 5. The fourth-order valence-corrected chi connectivity index (χ4v) is 2.14. The summed E-state index contributed by atoms with van der Waals surface area (Å²) in [7, 11) is 0. The molecule has 1 rings (SSSR count). The van der Waals surface area contributed by atoms with E-state index in [1.807, 2.05) is 33.2 Å². The van der Waals surface area contributed by atoms with Crippen LogP contribution in [0.2, 0.25) is 0 Å². The van der Waals surface area contributed by atoms with Gasteiger partial charge in [0.05, 0.1) is 30.8 Å². The van der Waals surface area contributed by atoms with Gasteiger partial charge in [-0.3, -0.25) is 4.79 Å². The predicted molar refractivity (Wildman–Crippen MR) is 71.8 cm³/mol. The highest BCUT2D eigenvalue weighted by atomic mass is 32.1. The molecule has 0 aliphatic rings. The van der Waals surface area contributed by atoms with E-state index in [2.05, 4.69) is 4.98 Å². The van der Waals surface area contributed by atoms with Crippen molar-refractivity contribution in [3.8, 4) is 0 Å². The number of carbonyl (C=O) groups excluding carboxylic acids is 1. The molecule has 1 aromatic heterocycles. The van der Waals surface area contributed by atoms with Crippen LogP contribution < -0.4 is 0 Å². The molecule has 1 heterocycles. The first-order chi connectivity index (χ1) is 8.38. The van der Waals surface area contributed by atoms with Crippen LogP contribution >= 0.6 is 11.3 Å². The maximum atomic E-state index is 11.4. The Morgan fingerprint density at radius 1 is 1.39 bits per heavy atom. The summed E-state index contributed by atoms with van der Waals surface area (Å²) in [6, 6.07) is 0. The zero-order valence-electron chi connectivity index (χ0n) is 11.5. The van der Waals surface area contributed by atoms with Crippen molar-refractivity contribution in [2.75, 3.05) is 13.2 Å². The van der Waals surface area contributed by atoms with Crippen LogP contribution in [0.25, 0.3) is 0 Å². The van der Waals surface area contributed by atoms with Gasteiger partial charge in [-0.15, -0.1) is 11.3 Å². The van der Waals surface area contributed by atoms with E-state index in [0.29, 0.717) is 19.6 Å². The Morgan fingerprint density at radius 2 is 2.11 bits per heavy atom. The van der Waals surface area contributed by atoms with E-state index in [-0.39, 0.29) is 5.97 Å². The number of ether oxygens (including phenoxy) is 2. The van der Waals surface area contributed by atoms with Gasteiger partial charge in [0.15, 0.2) is 0 Å². The molecular formula is C13H21NO3S. The van der Waals surface area contributed by atoms with E-state index in [1.165, 1.54) is 4.88 Å². The summed E-state index contributed by atoms with van der Waals surface area (Å²) >= 11 is 1.64. The average Bonchev–Trinajstić information content (AvgIpc) is 2.61. The highest BCUT2D eigenvalue weighted by Crippen LogP contribution is 2.12. The van der Waals surface area contributed by atoms with Crippen LogP contribution in [-0.2, 0) is 20.7 Å². The lowest BCUT2D eigenvalue weighted by Crippen LogP contribution is -2.24. The molecule has 5 heteroatoms. The van der Waals surface area contributed by atoms with E-state index >= 15 is 0 Å². The van der Waals surface area contributed by atoms with Crippen molar-refractivity contribution in [1.82, 2.24) is 4.98 Å². The van der Waals surface area contributed by atoms with Crippen molar-refractivity contribution in [2.45, 2.75) is 46.1 Å². The summed E-state index contributed by atoms with van der Waals surface area (Å²) in [5.74, 6) is -0.212. The summed E-state index contributed by atoms with van der Waals surface area (Å²) in [5, 5.41) is 0. The third kappa shape index (κ3) is 6.12. The fraction of sp³-hybridized carbons (Fsp3) is 0.692. The van der Waals surface area contributed by atoms with Crippen LogP contribution in [0.3, 0.4) is 0 Å². The number of aryl methyl sites for hydroxylation is 1. The molecule has 0 unspecified atom stereocenters. The SMILES string of the molecule is Cc1ncsc1CCOCCC(=O)OC(C)(C)C. The van der Waals surface area contributed by atoms with E-state index in [4.69, 9.17) is 9.47 Å². The van der Waals surface area contributed by atoms with Gasteiger partial charge in [-0.1, -0.05) is 0 Å². The summed E-state index contributed by atoms with van der Waals surface area (Å²) in [4.78, 5) is 16.8. The average molecular weight is 271 g/mol. The number of esters is 1. The molecule has 0 aromatic carbocycles. The van der Waals surface area contributed by atoms with Gasteiger partial charge in [-0.05, 0) is 27.7 Å². The molecule has 0 aliphatic heterocycles. The Hall–Kier alpha value is -0.940. The second-order valence-corrected chi connectivity index (χ2v) is 6.00. The number of hydrogen-bond donors (Lipinski definition) is 0. The lowest BCUT2D eigenvalue weighted by molar-refractivity contribution is -0.156. The van der Waals surface area contributed by atoms with Crippen molar-refractivity contribution in [1.29, 1.82) is 0 Å². The number of aromatic nitrogens is 1. The predicted octanol–water partition coefficient (Wildman–Crippen LogP) is 2.74. The second-order valence-electron chi connectivity index (χ2n) is 5.06. The Bertz CT molecular complexity index is 382. The zero-order chi connectivity index (χ0) is 13.6. The van der Waals surface area contributed by atoms with E-state index < -0.39 is 5.60 Å². The van der Waals surface area contributed by atoms with Crippen molar-refractivity contribution < 1.29 is 14.3 Å². The quantitative estimate of drug-likeness (QED) is 0.589. The van der Waals surface area contributed by atoms with Gasteiger partial charge in [0.25, 0.3) is 0 Å². The van der Waals surface area contributed by atoms with Crippen LogP contribution in [-0.4, -0.2) is 29.8 Å². The molecule has 0 aliphatic carbocycles. The zero-order valence-corrected chi connectivity index (χ0v) is 12.3. The van der Waals surface area contributed by atoms with Crippen LogP contribution in [0.5, 0.6) is 0 Å². The van der Waals surface area contributed by atoms with E-state index in [0.717, 1.165) is 12.1 Å². The van der Waals surface area contributed by atoms with Crippen molar-refractivity contribution in [3.05, 3.63) is 16.1 Å². The lowest BCUT2D eigenvalue weighted by Gasteiger charge is -2.19. The minimum atomic E-state index is -0.420. The summed E-state index contributed by atoms with van der Waals surface area (Å²) in [6.45, 7) is 8.60. The Balaban J connectivity index is 2.09. The maximum absolute atomic E-state index is 11.4. The second kappa shape index (κ2) is 6.85. The molecular weight excluding hydrogens is 250 g/mol. The molecule has 102 valence electrons. The smallest absolute Gasteiger partial charge is 0.308 e. The van der Waals surface area contributed by atoms with Gasteiger partial charge < -0.3 is 9.47 Å². The van der Waals surface area contributed by atoms with Crippen LogP contribution in [0.15, 0.2) is 5.51 Å². The first-order valence-electron chi connectivity index (χ1n) is 6.07. The van der Waals surface area contributed by atoms with Crippen LogP contribution in [0.4, 0.5) is 0 Å². The highest BCUT2D eigenvalue weighted by molar-refractivity contribution is 7.09. The first-order valence-corrected chi connectivity index (χ1v) is 6.95. The monoisotopic (exact) mass is 271 g/mol. The number of carbonyl (C=O) groups is 1. The third-order valence-electron chi connectivity index (χ3n) is 2.19. The highest BCUT2D eigenvalue weighted by Gasteiger charge is 2.15. The van der Waals surface area contributed by atoms with Crippen LogP contribution in [0, 0.1) is 6.92 Å². The summed E-state index contributed by atoms with van der Waals surface area (Å²) in [6.07, 6.45) is 1.16. The first kappa shape index (κ1) is 15.1. The molecule has 0 spiro atoms. The number of rotatable bonds is 6. The molecule has 0 N–H and O–H groups in total. The van der Waals surface area contributed by atoms with Gasteiger partial charge in [0, 0.05) is 11.3 Å². The lowest BCUT2D eigenvalue weighted by atomic mass is 10.2. The number of thiazole rings is 1. The standard InChI is InChI=1S/C13H21NO3S/c1-10-11(18-9-14-10)5-7-16-8-6-12(15)17-13(2,3)4/h9H,5-8H2,1-4H3. The summed E-state index contributed by atoms with van der Waals surface area (Å²) in [5.41, 5.74) is 2.48. The molecule has 18 heavy (non-hydrogen) atoms. The van der Waals surface area contributed by atoms with Gasteiger partial charge in [0.2, 0.25) is 0 Å². The minimum Gasteiger partial charge on any atom is -0.460 e. The molecule has 0 radical (unpaired) electrons. The summed E-state index contributed by atoms with van der Waals surface area (Å²) < 4.78 is 10.6. The van der Waals surface area contributed by atoms with E-state index in [1.54, 1.807) is 11.3 Å². The Kier molecular flexibility index (Phi) is 5.75. The molecule has 0 saturated carbocycles. The fourth-order valence-electron chi connectivity index (χ4n) is 1.38. The van der Waals surface area contributed by atoms with Crippen molar-refractivity contribution in [3.63, 3.8) is 0 Å². The molecule has 4 nitrogen and oxygen atoms in total. The normalized spacial score (nSPS) is 11.6. The molecule has 0 amide bonds. The largest absolute Gasteiger partial charge is 0.460 e. The van der Waals surface area contributed by atoms with Gasteiger partial charge in [0.1, 0.15) is 5.60 Å². The minimum absolute atomic E-state index is 0.212. The van der Waals surface area contributed by atoms with Crippen LogP contribution in [0.1, 0.15) is 37.8 Å². The molecule has 1 aromatic rings. The Morgan fingerprint density at radius 3 is 2.67 bits per heavy atom. The topological polar surface area (TPSA) is 48.4 Å². The molecule has 0 atom stereocenters. The Labute approximate surface area is 112 Å². The molecule has 0 bridgehead atoms. The maximum Gasteiger partial charge on any atom is 0.308 e. The molecule has 0 saturated heterocycles. The van der Waals surface area contributed by atoms with Gasteiger partial charge >= 0.3 is 5.97 Å². The van der Waals surface area contributed by atoms with Crippen molar-refractivity contribution in [2.24, 2.45) is 0 Å². The third-order valence-corrected chi connectivity index (χ3v) is 3.18. The van der Waals surface area contributed by atoms with Gasteiger partial charge in [-0.2, -0.15) is 0 Å². The van der Waals surface area contributed by atoms with E-state index in [9.17, 15) is 4.79 Å². The van der Waals surface area contributed by atoms with Gasteiger partial charge in [-0.25, -0.2) is 4.98 Å².